The minimum Gasteiger partial charge on any atom is -0.411 e. The predicted molar refractivity (Wildman–Crippen MR) is 42.9 cm³/mol. The molecule has 0 aliphatic rings. The summed E-state index contributed by atoms with van der Waals surface area (Å²) in [7, 11) is -1.29. The molecule has 0 amide bonds. The average molecular weight is 145 g/mol. The van der Waals surface area contributed by atoms with Crippen molar-refractivity contribution in [1.29, 1.82) is 0 Å². The van der Waals surface area contributed by atoms with Gasteiger partial charge in [-0.25, -0.2) is 0 Å². The third kappa shape index (κ3) is 2.65. The Morgan fingerprint density at radius 2 is 1.89 bits per heavy atom. The largest absolute Gasteiger partial charge is 0.411 e. The van der Waals surface area contributed by atoms with E-state index >= 15 is 0 Å². The van der Waals surface area contributed by atoms with Crippen LogP contribution in [0, 0.1) is 0 Å². The second-order valence-electron chi connectivity index (χ2n) is 3.15. The highest BCUT2D eigenvalue weighted by Gasteiger charge is 2.19. The van der Waals surface area contributed by atoms with Gasteiger partial charge in [-0.15, -0.1) is 5.16 Å². The number of hydrogen-bond donors (Lipinski definition) is 1. The van der Waals surface area contributed by atoms with Crippen LogP contribution in [0.3, 0.4) is 0 Å². The summed E-state index contributed by atoms with van der Waals surface area (Å²) in [6, 6.07) is 0. The van der Waals surface area contributed by atoms with E-state index in [1.165, 1.54) is 0 Å². The Labute approximate surface area is 57.6 Å². The van der Waals surface area contributed by atoms with Crippen molar-refractivity contribution in [2.45, 2.75) is 33.0 Å². The summed E-state index contributed by atoms with van der Waals surface area (Å²) in [6.45, 7) is 8.54. The summed E-state index contributed by atoms with van der Waals surface area (Å²) in [5.74, 6) is 0. The van der Waals surface area contributed by atoms with Crippen molar-refractivity contribution in [1.82, 2.24) is 0 Å². The summed E-state index contributed by atoms with van der Waals surface area (Å²) in [6.07, 6.45) is 0.881. The maximum absolute atomic E-state index is 8.48. The summed E-state index contributed by atoms with van der Waals surface area (Å²) < 4.78 is 0. The highest BCUT2D eigenvalue weighted by Crippen LogP contribution is 2.05. The molecule has 0 atom stereocenters. The van der Waals surface area contributed by atoms with Crippen molar-refractivity contribution in [3.05, 3.63) is 0 Å². The summed E-state index contributed by atoms with van der Waals surface area (Å²) in [5, 5.41) is 12.7. The first-order valence-electron chi connectivity index (χ1n) is 3.23. The number of hydrogen-bond acceptors (Lipinski definition) is 2. The lowest BCUT2D eigenvalue weighted by Crippen LogP contribution is -2.32. The van der Waals surface area contributed by atoms with Crippen molar-refractivity contribution in [2.24, 2.45) is 5.16 Å². The van der Waals surface area contributed by atoms with Crippen LogP contribution >= 0.6 is 0 Å². The maximum atomic E-state index is 8.48. The third-order valence-corrected chi connectivity index (χ3v) is 3.51. The van der Waals surface area contributed by atoms with E-state index in [0.29, 0.717) is 0 Å². The quantitative estimate of drug-likeness (QED) is 0.274. The molecule has 1 N–H and O–H groups in total. The number of nitrogens with zero attached hydrogens (tertiary/aromatic N) is 1. The highest BCUT2D eigenvalue weighted by atomic mass is 28.3. The first kappa shape index (κ1) is 8.69. The van der Waals surface area contributed by atoms with Crippen LogP contribution in [0.25, 0.3) is 0 Å². The SMILES string of the molecule is CC/C(=N\O)[Si](C)(C)C. The molecule has 0 bridgehead atoms. The van der Waals surface area contributed by atoms with Crippen LogP contribution in [0.4, 0.5) is 0 Å². The Balaban J connectivity index is 4.14. The number of rotatable bonds is 2. The monoisotopic (exact) mass is 145 g/mol. The van der Waals surface area contributed by atoms with Crippen LogP contribution < -0.4 is 0 Å². The Kier molecular flexibility index (Phi) is 2.90. The normalized spacial score (nSPS) is 14.0. The van der Waals surface area contributed by atoms with Gasteiger partial charge in [0.05, 0.1) is 0 Å². The molecule has 0 radical (unpaired) electrons. The summed E-state index contributed by atoms with van der Waals surface area (Å²) >= 11 is 0. The average Bonchev–Trinajstić information content (AvgIpc) is 1.65. The lowest BCUT2D eigenvalue weighted by Gasteiger charge is -2.15. The Hall–Kier alpha value is -0.313. The first-order chi connectivity index (χ1) is 4.02. The van der Waals surface area contributed by atoms with Crippen molar-refractivity contribution in [2.75, 3.05) is 0 Å². The van der Waals surface area contributed by atoms with Crippen LogP contribution in [0.15, 0.2) is 5.16 Å². The van der Waals surface area contributed by atoms with Crippen molar-refractivity contribution < 1.29 is 5.21 Å². The Morgan fingerprint density at radius 1 is 1.44 bits per heavy atom. The summed E-state index contributed by atoms with van der Waals surface area (Å²) in [5.41, 5.74) is 0. The molecular weight excluding hydrogens is 130 g/mol. The molecule has 0 aliphatic carbocycles. The summed E-state index contributed by atoms with van der Waals surface area (Å²) in [4.78, 5) is 0. The molecular formula is C6H15NOSi. The zero-order valence-corrected chi connectivity index (χ0v) is 7.60. The maximum Gasteiger partial charge on any atom is 0.100 e. The fourth-order valence-corrected chi connectivity index (χ4v) is 2.11. The first-order valence-corrected chi connectivity index (χ1v) is 6.73. The zero-order valence-electron chi connectivity index (χ0n) is 6.60. The van der Waals surface area contributed by atoms with E-state index in [9.17, 15) is 0 Å². The molecule has 0 fully saturated rings. The van der Waals surface area contributed by atoms with E-state index in [1.54, 1.807) is 0 Å². The van der Waals surface area contributed by atoms with Crippen LogP contribution in [0.5, 0.6) is 0 Å². The zero-order chi connectivity index (χ0) is 7.49. The van der Waals surface area contributed by atoms with Gasteiger partial charge in [-0.05, 0) is 6.42 Å². The Morgan fingerprint density at radius 3 is 1.89 bits per heavy atom. The molecule has 0 aromatic rings. The topological polar surface area (TPSA) is 32.6 Å². The molecule has 3 heteroatoms. The van der Waals surface area contributed by atoms with E-state index < -0.39 is 8.07 Å². The van der Waals surface area contributed by atoms with Crippen LogP contribution in [0.2, 0.25) is 19.6 Å². The van der Waals surface area contributed by atoms with E-state index in [1.807, 2.05) is 6.92 Å². The molecule has 0 aliphatic heterocycles. The fraction of sp³-hybridized carbons (Fsp3) is 0.833. The van der Waals surface area contributed by atoms with Crippen molar-refractivity contribution >= 4 is 13.4 Å². The van der Waals surface area contributed by atoms with Gasteiger partial charge in [-0.2, -0.15) is 0 Å². The molecule has 54 valence electrons. The molecule has 0 saturated carbocycles. The molecule has 0 rings (SSSR count). The Bertz CT molecular complexity index is 115. The predicted octanol–water partition coefficient (Wildman–Crippen LogP) is 2.10. The minimum atomic E-state index is -1.29. The van der Waals surface area contributed by atoms with Gasteiger partial charge in [-0.3, -0.25) is 0 Å². The minimum absolute atomic E-state index is 0.881. The van der Waals surface area contributed by atoms with E-state index in [-0.39, 0.29) is 0 Å². The van der Waals surface area contributed by atoms with E-state index in [0.717, 1.165) is 11.8 Å². The van der Waals surface area contributed by atoms with Crippen molar-refractivity contribution in [3.8, 4) is 0 Å². The lowest BCUT2D eigenvalue weighted by molar-refractivity contribution is 0.319. The standard InChI is InChI=1S/C6H15NOSi/c1-5-6(7-8)9(2,3)4/h8H,5H2,1-4H3/b7-6+. The van der Waals surface area contributed by atoms with Gasteiger partial charge in [0.15, 0.2) is 0 Å². The van der Waals surface area contributed by atoms with Crippen LogP contribution in [-0.4, -0.2) is 18.6 Å². The van der Waals surface area contributed by atoms with Gasteiger partial charge < -0.3 is 5.21 Å². The van der Waals surface area contributed by atoms with Gasteiger partial charge in [0.2, 0.25) is 0 Å². The molecule has 0 saturated heterocycles. The highest BCUT2D eigenvalue weighted by molar-refractivity contribution is 7.04. The third-order valence-electron chi connectivity index (χ3n) is 1.32. The molecule has 0 aromatic carbocycles. The fourth-order valence-electron chi connectivity index (χ4n) is 0.751. The molecule has 0 spiro atoms. The number of oxime groups is 1. The van der Waals surface area contributed by atoms with E-state index in [4.69, 9.17) is 5.21 Å². The van der Waals surface area contributed by atoms with E-state index in [2.05, 4.69) is 24.8 Å². The molecule has 9 heavy (non-hydrogen) atoms. The van der Waals surface area contributed by atoms with Gasteiger partial charge in [-0.1, -0.05) is 26.6 Å². The lowest BCUT2D eigenvalue weighted by atomic mass is 10.5. The van der Waals surface area contributed by atoms with Gasteiger partial charge in [0, 0.05) is 5.33 Å². The smallest absolute Gasteiger partial charge is 0.100 e. The molecule has 0 aromatic heterocycles. The van der Waals surface area contributed by atoms with Crippen molar-refractivity contribution in [3.63, 3.8) is 0 Å². The van der Waals surface area contributed by atoms with Crippen LogP contribution in [0.1, 0.15) is 13.3 Å². The second kappa shape index (κ2) is 3.01. The molecule has 0 heterocycles. The van der Waals surface area contributed by atoms with Crippen LogP contribution in [-0.2, 0) is 0 Å². The molecule has 2 nitrogen and oxygen atoms in total. The second-order valence-corrected chi connectivity index (χ2v) is 8.23. The van der Waals surface area contributed by atoms with Gasteiger partial charge in [0.1, 0.15) is 8.07 Å². The van der Waals surface area contributed by atoms with Gasteiger partial charge in [0.25, 0.3) is 0 Å². The molecule has 0 unspecified atom stereocenters. The van der Waals surface area contributed by atoms with Gasteiger partial charge >= 0.3 is 0 Å².